The molecule has 0 bridgehead atoms. The number of allylic oxidation sites excluding steroid dienone is 1. The smallest absolute Gasteiger partial charge is 0.0760 e. The van der Waals surface area contributed by atoms with Crippen LogP contribution in [0.5, 0.6) is 0 Å². The highest BCUT2D eigenvalue weighted by atomic mass is 16.7. The van der Waals surface area contributed by atoms with Crippen molar-refractivity contribution < 1.29 is 4.84 Å². The predicted octanol–water partition coefficient (Wildman–Crippen LogP) is 0.883. The van der Waals surface area contributed by atoms with E-state index in [1.807, 2.05) is 26.8 Å². The molecule has 0 aromatic heterocycles. The Hall–Kier alpha value is -1.07. The van der Waals surface area contributed by atoms with Crippen molar-refractivity contribution >= 4 is 6.21 Å². The number of rotatable bonds is 4. The predicted molar refractivity (Wildman–Crippen MR) is 51.2 cm³/mol. The largest absolute Gasteiger partial charge is 0.274 e. The molecule has 0 saturated carbocycles. The van der Waals surface area contributed by atoms with Crippen molar-refractivity contribution in [1.82, 2.24) is 15.8 Å². The Morgan fingerprint density at radius 1 is 1.62 bits per heavy atom. The molecule has 1 N–H and O–H groups in total. The molecule has 1 aliphatic heterocycles. The molecule has 0 aromatic rings. The minimum Gasteiger partial charge on any atom is -0.274 e. The number of hydroxylamine groups is 1. The van der Waals surface area contributed by atoms with Gasteiger partial charge in [0.2, 0.25) is 0 Å². The Kier molecular flexibility index (Phi) is 3.72. The third-order valence-electron chi connectivity index (χ3n) is 1.36. The van der Waals surface area contributed by atoms with Crippen LogP contribution < -0.4 is 5.43 Å². The highest BCUT2D eigenvalue weighted by Gasteiger charge is 2.13. The molecular formula is C8H16N4O. The van der Waals surface area contributed by atoms with Gasteiger partial charge in [-0.3, -0.25) is 10.3 Å². The van der Waals surface area contributed by atoms with Crippen LogP contribution in [0.3, 0.4) is 0 Å². The standard InChI is InChI=1S/C8H16N4O/c1-4-11(13-8(2)3)12-9-6-5-7-10-12/h5-9H,4H2,1-3H3. The van der Waals surface area contributed by atoms with E-state index in [2.05, 4.69) is 10.5 Å². The molecule has 0 saturated heterocycles. The van der Waals surface area contributed by atoms with E-state index in [1.54, 1.807) is 22.8 Å². The number of hydrazone groups is 1. The summed E-state index contributed by atoms with van der Waals surface area (Å²) in [4.78, 5) is 5.49. The maximum atomic E-state index is 5.49. The molecule has 0 spiro atoms. The van der Waals surface area contributed by atoms with Crippen LogP contribution in [0.25, 0.3) is 0 Å². The van der Waals surface area contributed by atoms with Gasteiger partial charge in [-0.25, -0.2) is 0 Å². The highest BCUT2D eigenvalue weighted by Crippen LogP contribution is 2.02. The van der Waals surface area contributed by atoms with Crippen molar-refractivity contribution in [2.45, 2.75) is 26.9 Å². The lowest BCUT2D eigenvalue weighted by Gasteiger charge is -2.31. The minimum atomic E-state index is 0.142. The Labute approximate surface area is 78.5 Å². The van der Waals surface area contributed by atoms with Crippen molar-refractivity contribution in [2.75, 3.05) is 6.54 Å². The van der Waals surface area contributed by atoms with Gasteiger partial charge in [-0.2, -0.15) is 0 Å². The van der Waals surface area contributed by atoms with E-state index in [4.69, 9.17) is 4.84 Å². The lowest BCUT2D eigenvalue weighted by atomic mass is 10.5. The summed E-state index contributed by atoms with van der Waals surface area (Å²) in [7, 11) is 0. The van der Waals surface area contributed by atoms with Crippen LogP contribution in [0.1, 0.15) is 20.8 Å². The quantitative estimate of drug-likeness (QED) is 0.658. The third-order valence-corrected chi connectivity index (χ3v) is 1.36. The van der Waals surface area contributed by atoms with E-state index in [1.165, 1.54) is 0 Å². The first kappa shape index (κ1) is 10.0. The second kappa shape index (κ2) is 4.84. The average molecular weight is 184 g/mol. The van der Waals surface area contributed by atoms with Gasteiger partial charge in [-0.1, -0.05) is 5.17 Å². The second-order valence-electron chi connectivity index (χ2n) is 2.86. The fourth-order valence-corrected chi connectivity index (χ4v) is 0.906. The normalized spacial score (nSPS) is 15.6. The Bertz CT molecular complexity index is 202. The summed E-state index contributed by atoms with van der Waals surface area (Å²) in [6.45, 7) is 6.69. The maximum Gasteiger partial charge on any atom is 0.0760 e. The van der Waals surface area contributed by atoms with E-state index >= 15 is 0 Å². The van der Waals surface area contributed by atoms with Crippen molar-refractivity contribution in [3.05, 3.63) is 12.3 Å². The molecule has 0 fully saturated rings. The minimum absolute atomic E-state index is 0.142. The number of hydrazine groups is 2. The molecule has 1 rings (SSSR count). The number of hydrogen-bond donors (Lipinski definition) is 1. The van der Waals surface area contributed by atoms with E-state index in [0.29, 0.717) is 0 Å². The summed E-state index contributed by atoms with van der Waals surface area (Å²) in [5.74, 6) is 0. The Balaban J connectivity index is 2.46. The summed E-state index contributed by atoms with van der Waals surface area (Å²) in [5.41, 5.74) is 2.93. The first-order valence-corrected chi connectivity index (χ1v) is 4.43. The summed E-state index contributed by atoms with van der Waals surface area (Å²) in [6, 6.07) is 0. The molecule has 0 radical (unpaired) electrons. The topological polar surface area (TPSA) is 40.1 Å². The van der Waals surface area contributed by atoms with Gasteiger partial charge in [-0.15, -0.1) is 10.3 Å². The van der Waals surface area contributed by atoms with Crippen LogP contribution >= 0.6 is 0 Å². The lowest BCUT2D eigenvalue weighted by Crippen LogP contribution is -2.47. The van der Waals surface area contributed by atoms with Crippen molar-refractivity contribution in [1.29, 1.82) is 0 Å². The van der Waals surface area contributed by atoms with Gasteiger partial charge in [0, 0.05) is 12.7 Å². The van der Waals surface area contributed by atoms with Crippen LogP contribution in [0.15, 0.2) is 17.4 Å². The zero-order valence-corrected chi connectivity index (χ0v) is 8.27. The van der Waals surface area contributed by atoms with Gasteiger partial charge in [0.25, 0.3) is 0 Å². The van der Waals surface area contributed by atoms with Gasteiger partial charge in [0.1, 0.15) is 0 Å². The molecule has 13 heavy (non-hydrogen) atoms. The maximum absolute atomic E-state index is 5.49. The molecule has 0 amide bonds. The van der Waals surface area contributed by atoms with Gasteiger partial charge < -0.3 is 0 Å². The van der Waals surface area contributed by atoms with Gasteiger partial charge in [0.05, 0.1) is 12.3 Å². The molecule has 0 unspecified atom stereocenters. The highest BCUT2D eigenvalue weighted by molar-refractivity contribution is 5.70. The zero-order chi connectivity index (χ0) is 9.68. The summed E-state index contributed by atoms with van der Waals surface area (Å²) in [6.07, 6.45) is 5.45. The van der Waals surface area contributed by atoms with Crippen LogP contribution in [-0.2, 0) is 4.84 Å². The average Bonchev–Trinajstić information content (AvgIpc) is 2.15. The summed E-state index contributed by atoms with van der Waals surface area (Å²) < 4.78 is 0. The summed E-state index contributed by atoms with van der Waals surface area (Å²) in [5, 5.41) is 7.28. The molecule has 0 aromatic carbocycles. The first-order chi connectivity index (χ1) is 6.24. The van der Waals surface area contributed by atoms with Gasteiger partial charge >= 0.3 is 0 Å². The molecular weight excluding hydrogens is 168 g/mol. The third kappa shape index (κ3) is 3.04. The SMILES string of the molecule is CCN(OC(C)C)N1N=CC=CN1. The second-order valence-corrected chi connectivity index (χ2v) is 2.86. The number of nitrogens with one attached hydrogen (secondary N) is 1. The number of hydrogen-bond acceptors (Lipinski definition) is 5. The van der Waals surface area contributed by atoms with E-state index in [9.17, 15) is 0 Å². The summed E-state index contributed by atoms with van der Waals surface area (Å²) >= 11 is 0. The van der Waals surface area contributed by atoms with E-state index in [0.717, 1.165) is 6.54 Å². The fourth-order valence-electron chi connectivity index (χ4n) is 0.906. The van der Waals surface area contributed by atoms with E-state index < -0.39 is 0 Å². The van der Waals surface area contributed by atoms with Crippen LogP contribution in [-0.4, -0.2) is 29.3 Å². The molecule has 74 valence electrons. The Morgan fingerprint density at radius 3 is 2.85 bits per heavy atom. The molecule has 5 nitrogen and oxygen atoms in total. The monoisotopic (exact) mass is 184 g/mol. The van der Waals surface area contributed by atoms with Crippen molar-refractivity contribution in [3.63, 3.8) is 0 Å². The lowest BCUT2D eigenvalue weighted by molar-refractivity contribution is -0.314. The van der Waals surface area contributed by atoms with Gasteiger partial charge in [-0.05, 0) is 26.8 Å². The molecule has 1 heterocycles. The number of nitrogens with zero attached hydrogens (tertiary/aromatic N) is 3. The van der Waals surface area contributed by atoms with Crippen molar-refractivity contribution in [3.8, 4) is 0 Å². The molecule has 0 atom stereocenters. The Morgan fingerprint density at radius 2 is 2.38 bits per heavy atom. The van der Waals surface area contributed by atoms with Crippen molar-refractivity contribution in [2.24, 2.45) is 5.10 Å². The molecule has 0 aliphatic carbocycles. The van der Waals surface area contributed by atoms with Gasteiger partial charge in [0.15, 0.2) is 0 Å². The van der Waals surface area contributed by atoms with Crippen LogP contribution in [0, 0.1) is 0 Å². The van der Waals surface area contributed by atoms with E-state index in [-0.39, 0.29) is 6.10 Å². The van der Waals surface area contributed by atoms with Crippen LogP contribution in [0.4, 0.5) is 0 Å². The zero-order valence-electron chi connectivity index (χ0n) is 8.27. The van der Waals surface area contributed by atoms with Crippen LogP contribution in [0.2, 0.25) is 0 Å². The fraction of sp³-hybridized carbons (Fsp3) is 0.625. The molecule has 1 aliphatic rings. The first-order valence-electron chi connectivity index (χ1n) is 4.43. The molecule has 5 heteroatoms.